The lowest BCUT2D eigenvalue weighted by Gasteiger charge is -2.01. The molecule has 4 heteroatoms. The Labute approximate surface area is 57.4 Å². The van der Waals surface area contributed by atoms with E-state index < -0.39 is 11.2 Å². The third-order valence-corrected chi connectivity index (χ3v) is 1.84. The molecule has 0 amide bonds. The number of aliphatic carboxylic acids is 1. The molecule has 9 heavy (non-hydrogen) atoms. The summed E-state index contributed by atoms with van der Waals surface area (Å²) in [4.78, 5) is 19.9. The van der Waals surface area contributed by atoms with Crippen LogP contribution in [0.15, 0.2) is 0 Å². The lowest BCUT2D eigenvalue weighted by Crippen LogP contribution is -2.14. The molecular weight excluding hydrogens is 140 g/mol. The van der Waals surface area contributed by atoms with Crippen molar-refractivity contribution in [3.8, 4) is 0 Å². The van der Waals surface area contributed by atoms with Gasteiger partial charge >= 0.3 is 5.97 Å². The Bertz CT molecular complexity index is 113. The van der Waals surface area contributed by atoms with Crippen LogP contribution in [0.3, 0.4) is 0 Å². The zero-order chi connectivity index (χ0) is 7.28. The maximum atomic E-state index is 10.1. The molecule has 52 valence electrons. The predicted octanol–water partition coefficient (Wildman–Crippen LogP) is 0.773. The minimum absolute atomic E-state index is 0.485. The molecule has 0 radical (unpaired) electrons. The van der Waals surface area contributed by atoms with E-state index in [2.05, 4.69) is 0 Å². The molecule has 0 aromatic carbocycles. The minimum Gasteiger partial charge on any atom is -0.480 e. The van der Waals surface area contributed by atoms with Crippen LogP contribution in [0.2, 0.25) is 0 Å². The number of carboxylic acids is 1. The van der Waals surface area contributed by atoms with Crippen molar-refractivity contribution >= 4 is 23.3 Å². The van der Waals surface area contributed by atoms with E-state index in [4.69, 9.17) is 5.11 Å². The second kappa shape index (κ2) is 4.38. The van der Waals surface area contributed by atoms with Crippen LogP contribution in [-0.2, 0) is 9.59 Å². The molecule has 0 heterocycles. The van der Waals surface area contributed by atoms with Gasteiger partial charge in [0.1, 0.15) is 5.25 Å². The van der Waals surface area contributed by atoms with Crippen molar-refractivity contribution in [1.29, 1.82) is 0 Å². The molecule has 1 atom stereocenters. The van der Waals surface area contributed by atoms with Crippen LogP contribution in [0.25, 0.3) is 0 Å². The van der Waals surface area contributed by atoms with Gasteiger partial charge in [0.25, 0.3) is 0 Å². The van der Waals surface area contributed by atoms with Crippen LogP contribution in [0.4, 0.5) is 0 Å². The molecule has 1 unspecified atom stereocenters. The fraction of sp³-hybridized carbons (Fsp3) is 0.600. The zero-order valence-corrected chi connectivity index (χ0v) is 5.85. The summed E-state index contributed by atoms with van der Waals surface area (Å²) in [6.45, 7) is 1.73. The largest absolute Gasteiger partial charge is 0.480 e. The normalized spacial score (nSPS) is 12.6. The lowest BCUT2D eigenvalue weighted by atomic mass is 10.3. The molecule has 0 spiro atoms. The van der Waals surface area contributed by atoms with Crippen molar-refractivity contribution < 1.29 is 14.7 Å². The number of thioether (sulfide) groups is 1. The molecule has 0 aromatic heterocycles. The smallest absolute Gasteiger partial charge is 0.317 e. The van der Waals surface area contributed by atoms with E-state index >= 15 is 0 Å². The van der Waals surface area contributed by atoms with E-state index in [9.17, 15) is 9.59 Å². The fourth-order valence-electron chi connectivity index (χ4n) is 0.396. The Balaban J connectivity index is 3.67. The van der Waals surface area contributed by atoms with Crippen molar-refractivity contribution in [3.63, 3.8) is 0 Å². The predicted molar refractivity (Wildman–Crippen MR) is 36.1 cm³/mol. The van der Waals surface area contributed by atoms with Gasteiger partial charge in [-0.3, -0.25) is 9.59 Å². The fourth-order valence-corrected chi connectivity index (χ4v) is 0.839. The number of hydrogen-bond acceptors (Lipinski definition) is 3. The Morgan fingerprint density at radius 1 is 1.89 bits per heavy atom. The maximum Gasteiger partial charge on any atom is 0.317 e. The van der Waals surface area contributed by atoms with Crippen LogP contribution in [0.1, 0.15) is 13.3 Å². The number of carbonyl (C=O) groups excluding carboxylic acids is 1. The lowest BCUT2D eigenvalue weighted by molar-refractivity contribution is -0.136. The van der Waals surface area contributed by atoms with Crippen LogP contribution >= 0.6 is 11.8 Å². The summed E-state index contributed by atoms with van der Waals surface area (Å²) < 4.78 is 0. The Morgan fingerprint density at radius 2 is 2.44 bits per heavy atom. The summed E-state index contributed by atoms with van der Waals surface area (Å²) in [6.07, 6.45) is 0.485. The summed E-state index contributed by atoms with van der Waals surface area (Å²) in [5.41, 5.74) is 0.558. The number of rotatable bonds is 4. The van der Waals surface area contributed by atoms with Crippen molar-refractivity contribution in [2.75, 3.05) is 0 Å². The molecule has 0 aromatic rings. The third kappa shape index (κ3) is 3.13. The van der Waals surface area contributed by atoms with Gasteiger partial charge in [-0.2, -0.15) is 0 Å². The first kappa shape index (κ1) is 8.49. The Morgan fingerprint density at radius 3 is 2.56 bits per heavy atom. The highest BCUT2D eigenvalue weighted by Crippen LogP contribution is 2.10. The van der Waals surface area contributed by atoms with E-state index in [1.54, 1.807) is 6.92 Å². The number of carboxylic acid groups (broad SMARTS) is 1. The highest BCUT2D eigenvalue weighted by molar-refractivity contribution is 8.12. The average Bonchev–Trinajstić information content (AvgIpc) is 1.82. The molecule has 3 nitrogen and oxygen atoms in total. The van der Waals surface area contributed by atoms with Crippen molar-refractivity contribution in [3.05, 3.63) is 0 Å². The molecule has 0 bridgehead atoms. The zero-order valence-electron chi connectivity index (χ0n) is 5.03. The first-order valence-corrected chi connectivity index (χ1v) is 3.48. The third-order valence-electron chi connectivity index (χ3n) is 0.866. The van der Waals surface area contributed by atoms with Crippen molar-refractivity contribution in [2.45, 2.75) is 18.6 Å². The van der Waals surface area contributed by atoms with Crippen LogP contribution in [0, 0.1) is 0 Å². The van der Waals surface area contributed by atoms with Crippen LogP contribution in [-0.4, -0.2) is 21.9 Å². The number of hydrogen-bond donors (Lipinski definition) is 1. The van der Waals surface area contributed by atoms with Gasteiger partial charge in [-0.25, -0.2) is 0 Å². The topological polar surface area (TPSA) is 54.4 Å². The van der Waals surface area contributed by atoms with Gasteiger partial charge in [0.05, 0.1) is 0 Å². The molecule has 0 saturated heterocycles. The number of carbonyl (C=O) groups is 2. The van der Waals surface area contributed by atoms with E-state index in [1.165, 1.54) is 0 Å². The van der Waals surface area contributed by atoms with Gasteiger partial charge in [0.2, 0.25) is 0 Å². The van der Waals surface area contributed by atoms with E-state index in [1.807, 2.05) is 0 Å². The summed E-state index contributed by atoms with van der Waals surface area (Å²) >= 11 is 0.804. The molecule has 1 N–H and O–H groups in total. The van der Waals surface area contributed by atoms with Gasteiger partial charge in [-0.05, 0) is 6.42 Å². The minimum atomic E-state index is -0.922. The van der Waals surface area contributed by atoms with Gasteiger partial charge in [-0.15, -0.1) is 0 Å². The van der Waals surface area contributed by atoms with Gasteiger partial charge in [0.15, 0.2) is 5.62 Å². The van der Waals surface area contributed by atoms with E-state index in [0.717, 1.165) is 11.8 Å². The quantitative estimate of drug-likeness (QED) is 0.598. The molecule has 0 rings (SSSR count). The molecular formula is C5H8O3S. The summed E-state index contributed by atoms with van der Waals surface area (Å²) in [5, 5.41) is 7.76. The highest BCUT2D eigenvalue weighted by Gasteiger charge is 2.13. The first-order valence-electron chi connectivity index (χ1n) is 2.54. The molecule has 0 saturated carbocycles. The monoisotopic (exact) mass is 148 g/mol. The van der Waals surface area contributed by atoms with Gasteiger partial charge in [-0.1, -0.05) is 18.7 Å². The van der Waals surface area contributed by atoms with Crippen LogP contribution in [0.5, 0.6) is 0 Å². The highest BCUT2D eigenvalue weighted by atomic mass is 32.2. The second-order valence-corrected chi connectivity index (χ2v) is 2.50. The van der Waals surface area contributed by atoms with Crippen molar-refractivity contribution in [2.24, 2.45) is 0 Å². The van der Waals surface area contributed by atoms with Crippen LogP contribution < -0.4 is 0 Å². The Kier molecular flexibility index (Phi) is 4.13. The summed E-state index contributed by atoms with van der Waals surface area (Å²) in [5.74, 6) is -0.922. The Hall–Kier alpha value is -0.510. The average molecular weight is 148 g/mol. The molecule has 0 aliphatic carbocycles. The standard InChI is InChI=1S/C5H8O3S/c1-2-4(5(7)8)9-3-6/h3-4H,2H2,1H3,(H,7,8). The maximum absolute atomic E-state index is 10.1. The van der Waals surface area contributed by atoms with Gasteiger partial charge < -0.3 is 5.11 Å². The van der Waals surface area contributed by atoms with Crippen molar-refractivity contribution in [1.82, 2.24) is 0 Å². The summed E-state index contributed by atoms with van der Waals surface area (Å²) in [7, 11) is 0. The van der Waals surface area contributed by atoms with Gasteiger partial charge in [0, 0.05) is 0 Å². The summed E-state index contributed by atoms with van der Waals surface area (Å²) in [6, 6.07) is 0. The SMILES string of the molecule is CCC(SC=O)C(=O)O. The molecule has 0 aliphatic rings. The molecule has 0 fully saturated rings. The first-order chi connectivity index (χ1) is 4.22. The molecule has 0 aliphatic heterocycles. The van der Waals surface area contributed by atoms with E-state index in [-0.39, 0.29) is 0 Å². The second-order valence-electron chi connectivity index (χ2n) is 1.47. The van der Waals surface area contributed by atoms with E-state index in [0.29, 0.717) is 12.0 Å².